The maximum absolute atomic E-state index is 13.0. The highest BCUT2D eigenvalue weighted by Crippen LogP contribution is 2.30. The van der Waals surface area contributed by atoms with Crippen LogP contribution in [-0.2, 0) is 17.8 Å². The molecule has 0 aromatic heterocycles. The van der Waals surface area contributed by atoms with Crippen LogP contribution < -0.4 is 5.32 Å². The van der Waals surface area contributed by atoms with Crippen molar-refractivity contribution in [3.63, 3.8) is 0 Å². The van der Waals surface area contributed by atoms with Gasteiger partial charge in [0.15, 0.2) is 0 Å². The molecule has 0 radical (unpaired) electrons. The Bertz CT molecular complexity index is 781. The lowest BCUT2D eigenvalue weighted by Crippen LogP contribution is -2.41. The third kappa shape index (κ3) is 4.38. The lowest BCUT2D eigenvalue weighted by Gasteiger charge is -2.33. The summed E-state index contributed by atoms with van der Waals surface area (Å²) in [5.41, 5.74) is 3.80. The van der Waals surface area contributed by atoms with E-state index in [-0.39, 0.29) is 23.7 Å². The average Bonchev–Trinajstić information content (AvgIpc) is 2.70. The normalized spacial score (nSPS) is 20.9. The number of fused-ring (bicyclic) bond motifs is 1. The molecular formula is C23H27FN2O. The zero-order chi connectivity index (χ0) is 18.6. The minimum absolute atomic E-state index is 0.101. The molecule has 1 aliphatic carbocycles. The van der Waals surface area contributed by atoms with Gasteiger partial charge in [-0.2, -0.15) is 0 Å². The quantitative estimate of drug-likeness (QED) is 0.878. The predicted octanol–water partition coefficient (Wildman–Crippen LogP) is 4.23. The number of amides is 1. The first kappa shape index (κ1) is 18.2. The molecule has 1 amide bonds. The van der Waals surface area contributed by atoms with Gasteiger partial charge in [-0.3, -0.25) is 9.69 Å². The van der Waals surface area contributed by atoms with E-state index in [0.717, 1.165) is 57.3 Å². The van der Waals surface area contributed by atoms with Crippen LogP contribution in [0.1, 0.15) is 48.4 Å². The topological polar surface area (TPSA) is 32.3 Å². The summed E-state index contributed by atoms with van der Waals surface area (Å²) in [6, 6.07) is 15.4. The fraction of sp³-hybridized carbons (Fsp3) is 0.435. The Labute approximate surface area is 160 Å². The van der Waals surface area contributed by atoms with Crippen LogP contribution in [0.2, 0.25) is 0 Å². The summed E-state index contributed by atoms with van der Waals surface area (Å²) in [6.45, 7) is 2.65. The summed E-state index contributed by atoms with van der Waals surface area (Å²) in [6.07, 6.45) is 5.07. The molecule has 0 saturated carbocycles. The van der Waals surface area contributed by atoms with E-state index >= 15 is 0 Å². The van der Waals surface area contributed by atoms with Crippen molar-refractivity contribution >= 4 is 5.91 Å². The Kier molecular flexibility index (Phi) is 5.53. The van der Waals surface area contributed by atoms with Crippen molar-refractivity contribution in [2.75, 3.05) is 13.1 Å². The second kappa shape index (κ2) is 8.22. The summed E-state index contributed by atoms with van der Waals surface area (Å²) in [5, 5.41) is 3.32. The molecule has 4 rings (SSSR count). The third-order valence-electron chi connectivity index (χ3n) is 5.96. The number of nitrogens with zero attached hydrogens (tertiary/aromatic N) is 1. The van der Waals surface area contributed by atoms with Gasteiger partial charge in [0, 0.05) is 12.5 Å². The lowest BCUT2D eigenvalue weighted by molar-refractivity contribution is -0.127. The van der Waals surface area contributed by atoms with Crippen molar-refractivity contribution < 1.29 is 9.18 Å². The highest BCUT2D eigenvalue weighted by Gasteiger charge is 2.28. The van der Waals surface area contributed by atoms with Crippen molar-refractivity contribution in [1.29, 1.82) is 0 Å². The molecule has 1 unspecified atom stereocenters. The van der Waals surface area contributed by atoms with Crippen molar-refractivity contribution in [3.8, 4) is 0 Å². The monoisotopic (exact) mass is 366 g/mol. The van der Waals surface area contributed by atoms with E-state index in [1.54, 1.807) is 0 Å². The second-order valence-corrected chi connectivity index (χ2v) is 7.83. The van der Waals surface area contributed by atoms with E-state index in [9.17, 15) is 9.18 Å². The maximum Gasteiger partial charge on any atom is 0.223 e. The smallest absolute Gasteiger partial charge is 0.223 e. The Hall–Kier alpha value is -2.20. The molecule has 3 nitrogen and oxygen atoms in total. The van der Waals surface area contributed by atoms with Crippen molar-refractivity contribution in [2.24, 2.45) is 5.92 Å². The van der Waals surface area contributed by atoms with Gasteiger partial charge >= 0.3 is 0 Å². The summed E-state index contributed by atoms with van der Waals surface area (Å²) >= 11 is 0. The number of hydrogen-bond donors (Lipinski definition) is 1. The third-order valence-corrected chi connectivity index (χ3v) is 5.96. The van der Waals surface area contributed by atoms with Crippen molar-refractivity contribution in [3.05, 3.63) is 71.0 Å². The molecule has 2 aliphatic rings. The minimum atomic E-state index is -0.196. The van der Waals surface area contributed by atoms with Gasteiger partial charge in [-0.1, -0.05) is 36.4 Å². The van der Waals surface area contributed by atoms with Crippen LogP contribution in [0.5, 0.6) is 0 Å². The van der Waals surface area contributed by atoms with Crippen LogP contribution in [0, 0.1) is 11.7 Å². The van der Waals surface area contributed by atoms with Gasteiger partial charge < -0.3 is 5.32 Å². The zero-order valence-electron chi connectivity index (χ0n) is 15.7. The summed E-state index contributed by atoms with van der Waals surface area (Å²) in [5.74, 6) is 0.111. The van der Waals surface area contributed by atoms with E-state index in [0.29, 0.717) is 0 Å². The van der Waals surface area contributed by atoms with Gasteiger partial charge in [0.2, 0.25) is 5.91 Å². The Morgan fingerprint density at radius 2 is 1.78 bits per heavy atom. The first-order chi connectivity index (χ1) is 13.2. The van der Waals surface area contributed by atoms with Crippen molar-refractivity contribution in [1.82, 2.24) is 10.2 Å². The first-order valence-electron chi connectivity index (χ1n) is 10.0. The van der Waals surface area contributed by atoms with E-state index in [1.165, 1.54) is 23.3 Å². The molecule has 1 saturated heterocycles. The first-order valence-corrected chi connectivity index (χ1v) is 10.0. The minimum Gasteiger partial charge on any atom is -0.349 e. The highest BCUT2D eigenvalue weighted by atomic mass is 19.1. The summed E-state index contributed by atoms with van der Waals surface area (Å²) in [4.78, 5) is 15.2. The van der Waals surface area contributed by atoms with E-state index in [1.807, 2.05) is 12.1 Å². The molecule has 4 heteroatoms. The standard InChI is InChI=1S/C23H27FN2O/c24-20-10-8-17(9-11-20)16-26-14-12-19(13-15-26)23(27)25-22-7-3-5-18-4-1-2-6-21(18)22/h1-2,4,6,8-11,19,22H,3,5,7,12-16H2,(H,25,27). The number of carbonyl (C=O) groups is 1. The molecule has 142 valence electrons. The molecule has 1 heterocycles. The number of halogens is 1. The van der Waals surface area contributed by atoms with Crippen LogP contribution in [0.15, 0.2) is 48.5 Å². The second-order valence-electron chi connectivity index (χ2n) is 7.83. The summed E-state index contributed by atoms with van der Waals surface area (Å²) in [7, 11) is 0. The fourth-order valence-electron chi connectivity index (χ4n) is 4.39. The average molecular weight is 366 g/mol. The molecule has 1 N–H and O–H groups in total. The van der Waals surface area contributed by atoms with Crippen LogP contribution in [-0.4, -0.2) is 23.9 Å². The van der Waals surface area contributed by atoms with Gasteiger partial charge in [0.05, 0.1) is 6.04 Å². The number of rotatable bonds is 4. The molecule has 0 bridgehead atoms. The molecule has 27 heavy (non-hydrogen) atoms. The molecule has 1 aliphatic heterocycles. The molecular weight excluding hydrogens is 339 g/mol. The number of likely N-dealkylation sites (tertiary alicyclic amines) is 1. The van der Waals surface area contributed by atoms with Crippen LogP contribution in [0.25, 0.3) is 0 Å². The molecule has 1 atom stereocenters. The number of carbonyl (C=O) groups excluding carboxylic acids is 1. The van der Waals surface area contributed by atoms with Gasteiger partial charge in [-0.05, 0) is 74.0 Å². The van der Waals surface area contributed by atoms with Gasteiger partial charge in [0.1, 0.15) is 5.82 Å². The van der Waals surface area contributed by atoms with Gasteiger partial charge in [-0.15, -0.1) is 0 Å². The number of piperidine rings is 1. The Balaban J connectivity index is 1.30. The summed E-state index contributed by atoms with van der Waals surface area (Å²) < 4.78 is 13.0. The Morgan fingerprint density at radius 1 is 1.04 bits per heavy atom. The Morgan fingerprint density at radius 3 is 2.56 bits per heavy atom. The number of hydrogen-bond acceptors (Lipinski definition) is 2. The number of benzene rings is 2. The lowest BCUT2D eigenvalue weighted by atomic mass is 9.87. The zero-order valence-corrected chi connectivity index (χ0v) is 15.7. The molecule has 0 spiro atoms. The molecule has 2 aromatic carbocycles. The van der Waals surface area contributed by atoms with E-state index in [4.69, 9.17) is 0 Å². The number of aryl methyl sites for hydroxylation is 1. The van der Waals surface area contributed by atoms with Gasteiger partial charge in [0.25, 0.3) is 0 Å². The maximum atomic E-state index is 13.0. The van der Waals surface area contributed by atoms with Crippen LogP contribution >= 0.6 is 0 Å². The van der Waals surface area contributed by atoms with Crippen LogP contribution in [0.4, 0.5) is 4.39 Å². The SMILES string of the molecule is O=C(NC1CCCc2ccccc21)C1CCN(Cc2ccc(F)cc2)CC1. The molecule has 1 fully saturated rings. The molecule has 2 aromatic rings. The predicted molar refractivity (Wildman–Crippen MR) is 105 cm³/mol. The largest absolute Gasteiger partial charge is 0.349 e. The van der Waals surface area contributed by atoms with E-state index < -0.39 is 0 Å². The fourth-order valence-corrected chi connectivity index (χ4v) is 4.39. The van der Waals surface area contributed by atoms with E-state index in [2.05, 4.69) is 34.5 Å². The van der Waals surface area contributed by atoms with Gasteiger partial charge in [-0.25, -0.2) is 4.39 Å². The van der Waals surface area contributed by atoms with Crippen LogP contribution in [0.3, 0.4) is 0 Å². The highest BCUT2D eigenvalue weighted by molar-refractivity contribution is 5.79. The number of nitrogens with one attached hydrogen (secondary N) is 1. The van der Waals surface area contributed by atoms with Crippen molar-refractivity contribution in [2.45, 2.75) is 44.7 Å².